The van der Waals surface area contributed by atoms with E-state index in [1.807, 2.05) is 49.4 Å². The van der Waals surface area contributed by atoms with Crippen molar-refractivity contribution < 1.29 is 14.3 Å². The minimum absolute atomic E-state index is 0.162. The molecule has 2 aromatic heterocycles. The largest absolute Gasteiger partial charge is 0.493 e. The number of benzene rings is 3. The van der Waals surface area contributed by atoms with E-state index in [2.05, 4.69) is 10.1 Å². The number of Topliss-reactive ketones (excluding diaryl/α,β-unsaturated/α-hetero) is 1. The molecule has 0 aliphatic rings. The van der Waals surface area contributed by atoms with Gasteiger partial charge in [0.1, 0.15) is 0 Å². The maximum absolute atomic E-state index is 13.6. The summed E-state index contributed by atoms with van der Waals surface area (Å²) in [6.45, 7) is 1.79. The van der Waals surface area contributed by atoms with Crippen molar-refractivity contribution in [2.24, 2.45) is 0 Å². The number of carbonyl (C=O) groups excluding carboxylic acids is 1. The molecule has 0 saturated heterocycles. The lowest BCUT2D eigenvalue weighted by atomic mass is 10.1. The molecule has 0 unspecified atom stereocenters. The van der Waals surface area contributed by atoms with Crippen molar-refractivity contribution in [1.29, 1.82) is 0 Å². The van der Waals surface area contributed by atoms with Crippen molar-refractivity contribution in [3.63, 3.8) is 0 Å². The Labute approximate surface area is 195 Å². The van der Waals surface area contributed by atoms with Crippen molar-refractivity contribution >= 4 is 22.3 Å². The fourth-order valence-corrected chi connectivity index (χ4v) is 3.94. The Morgan fingerprint density at radius 1 is 0.941 bits per heavy atom. The summed E-state index contributed by atoms with van der Waals surface area (Å²) < 4.78 is 13.6. The van der Waals surface area contributed by atoms with Crippen LogP contribution in [0.2, 0.25) is 0 Å². The molecule has 0 atom stereocenters. The van der Waals surface area contributed by atoms with Gasteiger partial charge in [0.25, 0.3) is 0 Å². The lowest BCUT2D eigenvalue weighted by Gasteiger charge is -2.14. The summed E-state index contributed by atoms with van der Waals surface area (Å²) in [4.78, 5) is 31.3. The van der Waals surface area contributed by atoms with Crippen molar-refractivity contribution in [2.45, 2.75) is 13.5 Å². The first-order chi connectivity index (χ1) is 16.5. The summed E-state index contributed by atoms with van der Waals surface area (Å²) >= 11 is 0. The van der Waals surface area contributed by atoms with E-state index in [9.17, 15) is 9.59 Å². The van der Waals surface area contributed by atoms with E-state index in [0.717, 1.165) is 11.1 Å². The number of carbonyl (C=O) groups is 1. The van der Waals surface area contributed by atoms with Crippen LogP contribution in [0.5, 0.6) is 11.5 Å². The Hall–Kier alpha value is -4.46. The van der Waals surface area contributed by atoms with Gasteiger partial charge in [0.2, 0.25) is 0 Å². The zero-order valence-corrected chi connectivity index (χ0v) is 19.0. The number of nitrogens with zero attached hydrogens (tertiary/aromatic N) is 4. The molecule has 0 N–H and O–H groups in total. The molecule has 0 radical (unpaired) electrons. The molecule has 0 amide bonds. The van der Waals surface area contributed by atoms with E-state index >= 15 is 0 Å². The first kappa shape index (κ1) is 21.4. The number of ether oxygens (including phenoxy) is 2. The second-order valence-electron chi connectivity index (χ2n) is 7.92. The number of rotatable bonds is 6. The molecular formula is C26H22N4O4. The summed E-state index contributed by atoms with van der Waals surface area (Å²) in [7, 11) is 3.06. The van der Waals surface area contributed by atoms with Gasteiger partial charge in [0, 0.05) is 22.6 Å². The minimum atomic E-state index is -0.468. The smallest absolute Gasteiger partial charge is 0.351 e. The van der Waals surface area contributed by atoms with Crippen LogP contribution in [0, 0.1) is 6.92 Å². The number of fused-ring (bicyclic) bond motifs is 3. The molecule has 0 aliphatic carbocycles. The fourth-order valence-electron chi connectivity index (χ4n) is 3.94. The quantitative estimate of drug-likeness (QED) is 0.362. The SMILES string of the molecule is COc1cc2c(cc1OC)n(CC(=O)c1ccc(C)cc1)c(=O)n1nc(-c3ccccc3)nc21. The van der Waals surface area contributed by atoms with Crippen LogP contribution in [0.15, 0.2) is 71.5 Å². The minimum Gasteiger partial charge on any atom is -0.493 e. The highest BCUT2D eigenvalue weighted by molar-refractivity contribution is 5.98. The van der Waals surface area contributed by atoms with Crippen molar-refractivity contribution in [3.8, 4) is 22.9 Å². The molecule has 0 aliphatic heterocycles. The van der Waals surface area contributed by atoms with Crippen LogP contribution in [-0.2, 0) is 6.54 Å². The van der Waals surface area contributed by atoms with Crippen molar-refractivity contribution in [1.82, 2.24) is 19.2 Å². The second-order valence-corrected chi connectivity index (χ2v) is 7.92. The number of aromatic nitrogens is 4. The molecule has 8 nitrogen and oxygen atoms in total. The number of hydrogen-bond donors (Lipinski definition) is 0. The highest BCUT2D eigenvalue weighted by atomic mass is 16.5. The van der Waals surface area contributed by atoms with Crippen LogP contribution in [0.3, 0.4) is 0 Å². The average molecular weight is 454 g/mol. The summed E-state index contributed by atoms with van der Waals surface area (Å²) in [5.74, 6) is 1.15. The number of aryl methyl sites for hydroxylation is 1. The highest BCUT2D eigenvalue weighted by Crippen LogP contribution is 2.33. The number of hydrogen-bond acceptors (Lipinski definition) is 6. The van der Waals surface area contributed by atoms with Crippen LogP contribution >= 0.6 is 0 Å². The van der Waals surface area contributed by atoms with Gasteiger partial charge in [0.05, 0.1) is 26.3 Å². The van der Waals surface area contributed by atoms with Gasteiger partial charge >= 0.3 is 5.69 Å². The molecule has 3 aromatic carbocycles. The molecule has 5 rings (SSSR count). The lowest BCUT2D eigenvalue weighted by molar-refractivity contribution is 0.0971. The first-order valence-electron chi connectivity index (χ1n) is 10.7. The van der Waals surface area contributed by atoms with Crippen LogP contribution in [0.1, 0.15) is 15.9 Å². The molecule has 170 valence electrons. The van der Waals surface area contributed by atoms with Gasteiger partial charge in [-0.2, -0.15) is 4.52 Å². The molecule has 5 aromatic rings. The Bertz CT molecular complexity index is 1590. The molecule has 0 fully saturated rings. The summed E-state index contributed by atoms with van der Waals surface area (Å²) in [6, 6.07) is 20.1. The van der Waals surface area contributed by atoms with Gasteiger partial charge in [-0.15, -0.1) is 5.10 Å². The van der Waals surface area contributed by atoms with Gasteiger partial charge in [-0.25, -0.2) is 9.78 Å². The zero-order valence-electron chi connectivity index (χ0n) is 19.0. The van der Waals surface area contributed by atoms with Crippen LogP contribution in [0.4, 0.5) is 0 Å². The standard InChI is InChI=1S/C26H22N4O4/c1-16-9-11-17(12-10-16)21(31)15-29-20-14-23(34-3)22(33-2)13-19(20)25-27-24(28-30(25)26(29)32)18-7-5-4-6-8-18/h4-14H,15H2,1-3H3. The summed E-state index contributed by atoms with van der Waals surface area (Å²) in [5.41, 5.74) is 2.76. The van der Waals surface area contributed by atoms with Crippen molar-refractivity contribution in [3.05, 3.63) is 88.3 Å². The fraction of sp³-hybridized carbons (Fsp3) is 0.154. The molecule has 2 heterocycles. The van der Waals surface area contributed by atoms with E-state index in [1.54, 1.807) is 24.3 Å². The summed E-state index contributed by atoms with van der Waals surface area (Å²) in [6.07, 6.45) is 0. The van der Waals surface area contributed by atoms with Crippen LogP contribution < -0.4 is 15.2 Å². The van der Waals surface area contributed by atoms with Crippen LogP contribution in [-0.4, -0.2) is 39.2 Å². The first-order valence-corrected chi connectivity index (χ1v) is 10.7. The Morgan fingerprint density at radius 3 is 2.29 bits per heavy atom. The number of ketones is 1. The van der Waals surface area contributed by atoms with Gasteiger partial charge < -0.3 is 9.47 Å². The third kappa shape index (κ3) is 3.59. The van der Waals surface area contributed by atoms with Crippen molar-refractivity contribution in [2.75, 3.05) is 14.2 Å². The molecular weight excluding hydrogens is 432 g/mol. The molecule has 8 heteroatoms. The normalized spacial score (nSPS) is 11.1. The monoisotopic (exact) mass is 454 g/mol. The van der Waals surface area contributed by atoms with Gasteiger partial charge in [0.15, 0.2) is 28.8 Å². The van der Waals surface area contributed by atoms with E-state index < -0.39 is 5.69 Å². The van der Waals surface area contributed by atoms with Crippen LogP contribution in [0.25, 0.3) is 27.9 Å². The predicted octanol–water partition coefficient (Wildman–Crippen LogP) is 3.92. The van der Waals surface area contributed by atoms with E-state index in [0.29, 0.717) is 39.4 Å². The molecule has 34 heavy (non-hydrogen) atoms. The predicted molar refractivity (Wildman–Crippen MR) is 129 cm³/mol. The highest BCUT2D eigenvalue weighted by Gasteiger charge is 2.20. The summed E-state index contributed by atoms with van der Waals surface area (Å²) in [5, 5.41) is 5.09. The van der Waals surface area contributed by atoms with Gasteiger partial charge in [-0.3, -0.25) is 9.36 Å². The van der Waals surface area contributed by atoms with Gasteiger partial charge in [-0.1, -0.05) is 60.2 Å². The topological polar surface area (TPSA) is 87.7 Å². The maximum atomic E-state index is 13.6. The molecule has 0 saturated carbocycles. The Balaban J connectivity index is 1.77. The molecule has 0 spiro atoms. The lowest BCUT2D eigenvalue weighted by Crippen LogP contribution is -2.30. The third-order valence-corrected chi connectivity index (χ3v) is 5.76. The molecule has 0 bridgehead atoms. The van der Waals surface area contributed by atoms with E-state index in [-0.39, 0.29) is 12.3 Å². The Morgan fingerprint density at radius 2 is 1.62 bits per heavy atom. The third-order valence-electron chi connectivity index (χ3n) is 5.76. The Kier molecular flexibility index (Phi) is 5.33. The number of methoxy groups -OCH3 is 2. The maximum Gasteiger partial charge on any atom is 0.351 e. The van der Waals surface area contributed by atoms with E-state index in [1.165, 1.54) is 23.3 Å². The average Bonchev–Trinajstić information content (AvgIpc) is 3.32. The zero-order chi connectivity index (χ0) is 23.8. The van der Waals surface area contributed by atoms with E-state index in [4.69, 9.17) is 9.47 Å². The van der Waals surface area contributed by atoms with Gasteiger partial charge in [-0.05, 0) is 13.0 Å². The second kappa shape index (κ2) is 8.47.